The van der Waals surface area contributed by atoms with Crippen molar-refractivity contribution >= 4 is 17.0 Å². The van der Waals surface area contributed by atoms with Gasteiger partial charge in [0.15, 0.2) is 17.0 Å². The quantitative estimate of drug-likeness (QED) is 0.728. The van der Waals surface area contributed by atoms with Gasteiger partial charge in [-0.2, -0.15) is 0 Å². The average molecular weight is 310 g/mol. The Balaban J connectivity index is 1.75. The average Bonchev–Trinajstić information content (AvgIpc) is 2.99. The number of fused-ring (bicyclic) bond motifs is 1. The third kappa shape index (κ3) is 2.75. The first kappa shape index (κ1) is 14.1. The van der Waals surface area contributed by atoms with Crippen LogP contribution in [-0.2, 0) is 11.3 Å². The molecular formula is C16H18N6O. The highest BCUT2D eigenvalue weighted by Crippen LogP contribution is 2.23. The van der Waals surface area contributed by atoms with Crippen LogP contribution >= 0.6 is 0 Å². The molecule has 1 saturated heterocycles. The molecule has 1 aliphatic rings. The van der Waals surface area contributed by atoms with Gasteiger partial charge in [-0.05, 0) is 12.5 Å². The number of aryl methyl sites for hydroxylation is 1. The second-order valence-corrected chi connectivity index (χ2v) is 5.60. The van der Waals surface area contributed by atoms with Crippen molar-refractivity contribution in [2.24, 2.45) is 0 Å². The smallest absolute Gasteiger partial charge is 0.184 e. The summed E-state index contributed by atoms with van der Waals surface area (Å²) in [5, 5.41) is 8.63. The predicted octanol–water partition coefficient (Wildman–Crippen LogP) is 1.41. The molecule has 0 spiro atoms. The first-order chi connectivity index (χ1) is 11.3. The Morgan fingerprint density at radius 3 is 2.65 bits per heavy atom. The van der Waals surface area contributed by atoms with Crippen LogP contribution in [0.25, 0.3) is 11.2 Å². The minimum atomic E-state index is 0.649. The lowest BCUT2D eigenvalue weighted by Gasteiger charge is -2.27. The molecule has 1 aliphatic heterocycles. The van der Waals surface area contributed by atoms with Gasteiger partial charge >= 0.3 is 0 Å². The van der Waals surface area contributed by atoms with Gasteiger partial charge in [-0.15, -0.1) is 5.10 Å². The van der Waals surface area contributed by atoms with Gasteiger partial charge in [0.2, 0.25) is 0 Å². The summed E-state index contributed by atoms with van der Waals surface area (Å²) in [7, 11) is 0. The minimum Gasteiger partial charge on any atom is -0.378 e. The molecule has 0 aliphatic carbocycles. The number of hydrogen-bond acceptors (Lipinski definition) is 6. The SMILES string of the molecule is Cc1nc(N2CCOCC2)c2nnn(Cc3ccccc3)c2n1. The molecule has 0 saturated carbocycles. The van der Waals surface area contributed by atoms with E-state index in [1.54, 1.807) is 0 Å². The van der Waals surface area contributed by atoms with Gasteiger partial charge < -0.3 is 9.64 Å². The highest BCUT2D eigenvalue weighted by Gasteiger charge is 2.20. The van der Waals surface area contributed by atoms with Crippen molar-refractivity contribution in [3.63, 3.8) is 0 Å². The number of morpholine rings is 1. The molecule has 7 heteroatoms. The Labute approximate surface area is 133 Å². The molecule has 1 fully saturated rings. The van der Waals surface area contributed by atoms with Crippen molar-refractivity contribution in [2.75, 3.05) is 31.2 Å². The molecule has 3 aromatic rings. The van der Waals surface area contributed by atoms with Crippen molar-refractivity contribution in [2.45, 2.75) is 13.5 Å². The van der Waals surface area contributed by atoms with Gasteiger partial charge in [0, 0.05) is 13.1 Å². The molecule has 0 N–H and O–H groups in total. The zero-order chi connectivity index (χ0) is 15.6. The van der Waals surface area contributed by atoms with Crippen LogP contribution in [0.1, 0.15) is 11.4 Å². The zero-order valence-corrected chi connectivity index (χ0v) is 13.0. The summed E-state index contributed by atoms with van der Waals surface area (Å²) >= 11 is 0. The fourth-order valence-corrected chi connectivity index (χ4v) is 2.81. The molecule has 4 rings (SSSR count). The van der Waals surface area contributed by atoms with E-state index in [4.69, 9.17) is 4.74 Å². The molecule has 3 heterocycles. The van der Waals surface area contributed by atoms with E-state index in [1.807, 2.05) is 29.8 Å². The maximum atomic E-state index is 5.42. The van der Waals surface area contributed by atoms with Gasteiger partial charge in [0.05, 0.1) is 19.8 Å². The molecule has 118 valence electrons. The number of hydrogen-bond donors (Lipinski definition) is 0. The number of ether oxygens (including phenoxy) is 1. The number of aromatic nitrogens is 5. The van der Waals surface area contributed by atoms with Gasteiger partial charge in [-0.25, -0.2) is 14.6 Å². The summed E-state index contributed by atoms with van der Waals surface area (Å²) in [6.07, 6.45) is 0. The summed E-state index contributed by atoms with van der Waals surface area (Å²) in [6, 6.07) is 10.2. The Kier molecular flexibility index (Phi) is 3.63. The Hall–Kier alpha value is -2.54. The fourth-order valence-electron chi connectivity index (χ4n) is 2.81. The van der Waals surface area contributed by atoms with Crippen LogP contribution < -0.4 is 4.90 Å². The van der Waals surface area contributed by atoms with Gasteiger partial charge in [0.25, 0.3) is 0 Å². The predicted molar refractivity (Wildman–Crippen MR) is 86.4 cm³/mol. The van der Waals surface area contributed by atoms with Crippen LogP contribution in [0.2, 0.25) is 0 Å². The molecule has 0 bridgehead atoms. The largest absolute Gasteiger partial charge is 0.378 e. The van der Waals surface area contributed by atoms with E-state index in [0.717, 1.165) is 35.9 Å². The lowest BCUT2D eigenvalue weighted by Crippen LogP contribution is -2.37. The number of rotatable bonds is 3. The highest BCUT2D eigenvalue weighted by atomic mass is 16.5. The first-order valence-corrected chi connectivity index (χ1v) is 7.76. The zero-order valence-electron chi connectivity index (χ0n) is 13.0. The van der Waals surface area contributed by atoms with E-state index in [9.17, 15) is 0 Å². The standard InChI is InChI=1S/C16H18N6O/c1-12-17-15(21-7-9-23-10-8-21)14-16(18-12)22(20-19-14)11-13-5-3-2-4-6-13/h2-6H,7-11H2,1H3. The van der Waals surface area contributed by atoms with E-state index in [1.165, 1.54) is 5.56 Å². The lowest BCUT2D eigenvalue weighted by atomic mass is 10.2. The number of nitrogens with zero attached hydrogens (tertiary/aromatic N) is 6. The van der Waals surface area contributed by atoms with E-state index >= 15 is 0 Å². The third-order valence-electron chi connectivity index (χ3n) is 3.94. The summed E-state index contributed by atoms with van der Waals surface area (Å²) in [5.41, 5.74) is 2.71. The van der Waals surface area contributed by atoms with Gasteiger partial charge in [0.1, 0.15) is 5.82 Å². The van der Waals surface area contributed by atoms with Crippen molar-refractivity contribution in [1.29, 1.82) is 0 Å². The second kappa shape index (κ2) is 5.92. The van der Waals surface area contributed by atoms with Crippen molar-refractivity contribution < 1.29 is 4.74 Å². The minimum absolute atomic E-state index is 0.649. The van der Waals surface area contributed by atoms with Gasteiger partial charge in [-0.1, -0.05) is 35.5 Å². The fraction of sp³-hybridized carbons (Fsp3) is 0.375. The molecule has 0 amide bonds. The van der Waals surface area contributed by atoms with Crippen LogP contribution in [-0.4, -0.2) is 51.3 Å². The topological polar surface area (TPSA) is 69.0 Å². The lowest BCUT2D eigenvalue weighted by molar-refractivity contribution is 0.122. The van der Waals surface area contributed by atoms with Crippen molar-refractivity contribution in [3.8, 4) is 0 Å². The Bertz CT molecular complexity index is 810. The van der Waals surface area contributed by atoms with E-state index in [2.05, 4.69) is 37.3 Å². The van der Waals surface area contributed by atoms with Crippen LogP contribution in [0.3, 0.4) is 0 Å². The maximum Gasteiger partial charge on any atom is 0.184 e. The van der Waals surface area contributed by atoms with Gasteiger partial charge in [-0.3, -0.25) is 0 Å². The number of benzene rings is 1. The summed E-state index contributed by atoms with van der Waals surface area (Å²) in [4.78, 5) is 11.3. The van der Waals surface area contributed by atoms with Crippen LogP contribution in [0.4, 0.5) is 5.82 Å². The van der Waals surface area contributed by atoms with E-state index < -0.39 is 0 Å². The molecule has 23 heavy (non-hydrogen) atoms. The maximum absolute atomic E-state index is 5.42. The molecule has 0 radical (unpaired) electrons. The Morgan fingerprint density at radius 2 is 1.87 bits per heavy atom. The summed E-state index contributed by atoms with van der Waals surface area (Å²) < 4.78 is 7.26. The highest BCUT2D eigenvalue weighted by molar-refractivity contribution is 5.83. The third-order valence-corrected chi connectivity index (χ3v) is 3.94. The molecule has 1 aromatic carbocycles. The molecule has 0 atom stereocenters. The first-order valence-electron chi connectivity index (χ1n) is 7.76. The Morgan fingerprint density at radius 1 is 1.09 bits per heavy atom. The summed E-state index contributed by atoms with van der Waals surface area (Å²) in [5.74, 6) is 1.59. The van der Waals surface area contributed by atoms with Crippen LogP contribution in [0.15, 0.2) is 30.3 Å². The van der Waals surface area contributed by atoms with Crippen molar-refractivity contribution in [1.82, 2.24) is 25.0 Å². The van der Waals surface area contributed by atoms with Crippen molar-refractivity contribution in [3.05, 3.63) is 41.7 Å². The van der Waals surface area contributed by atoms with E-state index in [0.29, 0.717) is 19.8 Å². The normalized spacial score (nSPS) is 15.3. The molecule has 7 nitrogen and oxygen atoms in total. The van der Waals surface area contributed by atoms with Crippen LogP contribution in [0, 0.1) is 6.92 Å². The van der Waals surface area contributed by atoms with Crippen LogP contribution in [0.5, 0.6) is 0 Å². The number of anilines is 1. The molecule has 2 aromatic heterocycles. The van der Waals surface area contributed by atoms with E-state index in [-0.39, 0.29) is 0 Å². The monoisotopic (exact) mass is 310 g/mol. The summed E-state index contributed by atoms with van der Waals surface area (Å²) in [6.45, 7) is 5.61. The second-order valence-electron chi connectivity index (χ2n) is 5.60. The molecule has 0 unspecified atom stereocenters. The molecular weight excluding hydrogens is 292 g/mol.